The lowest BCUT2D eigenvalue weighted by atomic mass is 9.78. The number of hydrogen-bond acceptors (Lipinski definition) is 7. The van der Waals surface area contributed by atoms with Crippen molar-refractivity contribution in [3.05, 3.63) is 82.1 Å². The fourth-order valence-corrected chi connectivity index (χ4v) is 6.79. The second-order valence-corrected chi connectivity index (χ2v) is 12.0. The van der Waals surface area contributed by atoms with Crippen LogP contribution in [0.1, 0.15) is 59.7 Å². The van der Waals surface area contributed by atoms with E-state index in [1.807, 2.05) is 4.90 Å². The van der Waals surface area contributed by atoms with Crippen LogP contribution in [0.5, 0.6) is 0 Å². The summed E-state index contributed by atoms with van der Waals surface area (Å²) >= 11 is 13.0. The Bertz CT molecular complexity index is 1680. The maximum Gasteiger partial charge on any atom is 0.336 e. The Morgan fingerprint density at radius 3 is 2.44 bits per heavy atom. The number of amides is 2. The third-order valence-electron chi connectivity index (χ3n) is 8.44. The first-order valence-electron chi connectivity index (χ1n) is 14.1. The van der Waals surface area contributed by atoms with Crippen LogP contribution >= 0.6 is 23.2 Å². The Morgan fingerprint density at radius 1 is 1.05 bits per heavy atom. The topological polar surface area (TPSA) is 131 Å². The number of fused-ring (bicyclic) bond motifs is 2. The lowest BCUT2D eigenvalue weighted by Crippen LogP contribution is -2.65. The van der Waals surface area contributed by atoms with Gasteiger partial charge in [-0.25, -0.2) is 19.6 Å². The molecule has 2 unspecified atom stereocenters. The molecule has 2 saturated carbocycles. The summed E-state index contributed by atoms with van der Waals surface area (Å²) in [6.07, 6.45) is 8.87. The number of carbonyl (C=O) groups excluding carboxylic acids is 1. The standard InChI is InChI=1S/C31H27Cl2N5O5/c32-25-2-1-3-26(33)27(25)28-24(29(43-37-28)16-4-5-16)14-42-21-10-19-9-20(11-21)38(19)31(41)36-18-6-7-22(30(39)40)23(8-18)17-12-34-15-35-13-17/h1-3,6-8,12-13,15-16,19-21H,4-5,9-11,14H2,(H,36,41)(H,39,40). The lowest BCUT2D eigenvalue weighted by molar-refractivity contribution is -0.0837. The Kier molecular flexibility index (Phi) is 7.28. The molecule has 2 amide bonds. The Balaban J connectivity index is 1.02. The van der Waals surface area contributed by atoms with Gasteiger partial charge in [0.05, 0.1) is 28.3 Å². The normalized spacial score (nSPS) is 20.9. The second kappa shape index (κ2) is 11.3. The first-order chi connectivity index (χ1) is 20.9. The van der Waals surface area contributed by atoms with Gasteiger partial charge in [-0.05, 0) is 62.4 Å². The van der Waals surface area contributed by atoms with Gasteiger partial charge in [0.2, 0.25) is 0 Å². The fourth-order valence-electron chi connectivity index (χ4n) is 6.21. The van der Waals surface area contributed by atoms with Gasteiger partial charge in [-0.2, -0.15) is 0 Å². The molecular formula is C31H27Cl2N5O5. The van der Waals surface area contributed by atoms with Crippen molar-refractivity contribution in [2.45, 2.75) is 62.8 Å². The monoisotopic (exact) mass is 619 g/mol. The zero-order valence-corrected chi connectivity index (χ0v) is 24.4. The Hall–Kier alpha value is -3.99. The molecule has 2 aliphatic heterocycles. The highest BCUT2D eigenvalue weighted by molar-refractivity contribution is 6.39. The molecule has 2 bridgehead atoms. The summed E-state index contributed by atoms with van der Waals surface area (Å²) < 4.78 is 12.2. The van der Waals surface area contributed by atoms with Crippen LogP contribution in [0.2, 0.25) is 10.0 Å². The molecule has 220 valence electrons. The second-order valence-electron chi connectivity index (χ2n) is 11.2. The number of urea groups is 1. The van der Waals surface area contributed by atoms with E-state index in [9.17, 15) is 14.7 Å². The van der Waals surface area contributed by atoms with E-state index < -0.39 is 5.97 Å². The van der Waals surface area contributed by atoms with Crippen molar-refractivity contribution in [2.75, 3.05) is 5.32 Å². The van der Waals surface area contributed by atoms with Crippen LogP contribution < -0.4 is 5.32 Å². The smallest absolute Gasteiger partial charge is 0.336 e. The number of nitrogens with one attached hydrogen (secondary N) is 1. The molecule has 2 aliphatic carbocycles. The van der Waals surface area contributed by atoms with Crippen LogP contribution in [0, 0.1) is 0 Å². The summed E-state index contributed by atoms with van der Waals surface area (Å²) in [5.41, 5.74) is 3.73. The molecule has 4 fully saturated rings. The van der Waals surface area contributed by atoms with E-state index in [1.165, 1.54) is 12.4 Å². The lowest BCUT2D eigenvalue weighted by Gasteiger charge is -2.54. The minimum absolute atomic E-state index is 0.0242. The van der Waals surface area contributed by atoms with Crippen molar-refractivity contribution >= 4 is 40.9 Å². The van der Waals surface area contributed by atoms with Crippen molar-refractivity contribution in [1.29, 1.82) is 0 Å². The molecule has 0 radical (unpaired) electrons. The maximum atomic E-state index is 13.3. The summed E-state index contributed by atoms with van der Waals surface area (Å²) in [4.78, 5) is 34.9. The van der Waals surface area contributed by atoms with Crippen molar-refractivity contribution in [2.24, 2.45) is 0 Å². The molecule has 2 aromatic carbocycles. The van der Waals surface area contributed by atoms with E-state index in [1.54, 1.807) is 42.7 Å². The van der Waals surface area contributed by atoms with Crippen molar-refractivity contribution < 1.29 is 24.0 Å². The predicted octanol–water partition coefficient (Wildman–Crippen LogP) is 7.04. The molecule has 2 N–H and O–H groups in total. The molecule has 43 heavy (non-hydrogen) atoms. The first-order valence-corrected chi connectivity index (χ1v) is 14.9. The molecule has 4 aromatic rings. The van der Waals surface area contributed by atoms with E-state index in [0.717, 1.165) is 30.6 Å². The number of carboxylic acid groups (broad SMARTS) is 1. The third kappa shape index (κ3) is 5.35. The van der Waals surface area contributed by atoms with E-state index in [2.05, 4.69) is 20.4 Å². The van der Waals surface area contributed by atoms with Crippen LogP contribution in [0.25, 0.3) is 22.4 Å². The molecule has 8 rings (SSSR count). The van der Waals surface area contributed by atoms with Crippen LogP contribution in [0.15, 0.2) is 59.6 Å². The number of carbonyl (C=O) groups is 2. The number of rotatable bonds is 8. The Labute approximate surface area is 257 Å². The number of aromatic nitrogens is 3. The fraction of sp³-hybridized carbons (Fsp3) is 0.323. The highest BCUT2D eigenvalue weighted by atomic mass is 35.5. The number of hydrogen-bond donors (Lipinski definition) is 2. The number of piperidine rings is 1. The Morgan fingerprint density at radius 2 is 1.77 bits per heavy atom. The van der Waals surface area contributed by atoms with E-state index in [0.29, 0.717) is 63.5 Å². The summed E-state index contributed by atoms with van der Waals surface area (Å²) in [6, 6.07) is 9.95. The number of halogens is 2. The third-order valence-corrected chi connectivity index (χ3v) is 9.07. The molecule has 12 heteroatoms. The number of aromatic carboxylic acids is 1. The van der Waals surface area contributed by atoms with E-state index in [-0.39, 0.29) is 29.8 Å². The van der Waals surface area contributed by atoms with Crippen molar-refractivity contribution in [3.8, 4) is 22.4 Å². The molecule has 10 nitrogen and oxygen atoms in total. The van der Waals surface area contributed by atoms with Crippen LogP contribution in [0.4, 0.5) is 10.5 Å². The molecule has 4 aliphatic rings. The van der Waals surface area contributed by atoms with Gasteiger partial charge < -0.3 is 24.6 Å². The predicted molar refractivity (Wildman–Crippen MR) is 159 cm³/mol. The number of benzene rings is 2. The van der Waals surface area contributed by atoms with Gasteiger partial charge in [0.25, 0.3) is 0 Å². The maximum absolute atomic E-state index is 13.3. The van der Waals surface area contributed by atoms with Crippen LogP contribution in [-0.4, -0.2) is 55.3 Å². The minimum atomic E-state index is -1.07. The minimum Gasteiger partial charge on any atom is -0.478 e. The molecule has 0 spiro atoms. The quantitative estimate of drug-likeness (QED) is 0.215. The van der Waals surface area contributed by atoms with Gasteiger partial charge in [-0.15, -0.1) is 0 Å². The average molecular weight is 620 g/mol. The van der Waals surface area contributed by atoms with Gasteiger partial charge in [-0.3, -0.25) is 0 Å². The number of carboxylic acids is 1. The number of nitrogens with zero attached hydrogens (tertiary/aromatic N) is 4. The van der Waals surface area contributed by atoms with Crippen LogP contribution in [-0.2, 0) is 11.3 Å². The zero-order valence-electron chi connectivity index (χ0n) is 22.9. The van der Waals surface area contributed by atoms with E-state index in [4.69, 9.17) is 32.5 Å². The molecule has 2 saturated heterocycles. The summed E-state index contributed by atoms with van der Waals surface area (Å²) in [6.45, 7) is 0.324. The molecular weight excluding hydrogens is 593 g/mol. The van der Waals surface area contributed by atoms with Gasteiger partial charge >= 0.3 is 12.0 Å². The van der Waals surface area contributed by atoms with Crippen molar-refractivity contribution in [3.63, 3.8) is 0 Å². The highest BCUT2D eigenvalue weighted by Gasteiger charge is 2.48. The zero-order chi connectivity index (χ0) is 29.7. The SMILES string of the molecule is O=C(O)c1ccc(NC(=O)N2C3CC(OCc4c(-c5c(Cl)cccc5Cl)noc4C4CC4)CC2C3)cc1-c1cncnc1. The molecule has 2 aromatic heterocycles. The summed E-state index contributed by atoms with van der Waals surface area (Å²) in [7, 11) is 0. The van der Waals surface area contributed by atoms with Crippen molar-refractivity contribution in [1.82, 2.24) is 20.0 Å². The van der Waals surface area contributed by atoms with E-state index >= 15 is 0 Å². The highest BCUT2D eigenvalue weighted by Crippen LogP contribution is 2.47. The summed E-state index contributed by atoms with van der Waals surface area (Å²) in [5, 5.41) is 18.0. The number of anilines is 1. The molecule has 2 atom stereocenters. The average Bonchev–Trinajstić information content (AvgIpc) is 3.76. The first kappa shape index (κ1) is 27.8. The van der Waals surface area contributed by atoms with Gasteiger partial charge in [0.15, 0.2) is 0 Å². The summed E-state index contributed by atoms with van der Waals surface area (Å²) in [5.74, 6) is 0.0976. The van der Waals surface area contributed by atoms with Gasteiger partial charge in [0, 0.05) is 58.3 Å². The van der Waals surface area contributed by atoms with Gasteiger partial charge in [-0.1, -0.05) is 34.4 Å². The largest absolute Gasteiger partial charge is 0.478 e. The number of ether oxygens (including phenoxy) is 1. The molecule has 4 heterocycles. The van der Waals surface area contributed by atoms with Gasteiger partial charge in [0.1, 0.15) is 17.8 Å². The van der Waals surface area contributed by atoms with Crippen LogP contribution in [0.3, 0.4) is 0 Å².